The van der Waals surface area contributed by atoms with Crippen molar-refractivity contribution in [1.29, 1.82) is 5.26 Å². The second-order valence-electron chi connectivity index (χ2n) is 12.6. The van der Waals surface area contributed by atoms with Gasteiger partial charge in [-0.25, -0.2) is 4.68 Å². The van der Waals surface area contributed by atoms with E-state index in [1.54, 1.807) is 6.20 Å². The van der Waals surface area contributed by atoms with Crippen molar-refractivity contribution in [1.82, 2.24) is 24.9 Å². The zero-order valence-corrected chi connectivity index (χ0v) is 25.8. The number of piperidine rings is 1. The number of rotatable bonds is 7. The Morgan fingerprint density at radius 1 is 1.12 bits per heavy atom. The molecule has 2 aromatic carbocycles. The van der Waals surface area contributed by atoms with Crippen LogP contribution in [0.2, 0.25) is 5.02 Å². The van der Waals surface area contributed by atoms with Gasteiger partial charge >= 0.3 is 0 Å². The van der Waals surface area contributed by atoms with Gasteiger partial charge in [-0.1, -0.05) is 47.1 Å². The molecule has 0 bridgehead atoms. The van der Waals surface area contributed by atoms with E-state index in [2.05, 4.69) is 71.0 Å². The molecule has 6 rings (SSSR count). The maximum absolute atomic E-state index is 9.92. The number of ether oxygens (including phenoxy) is 1. The van der Waals surface area contributed by atoms with Crippen molar-refractivity contribution in [2.75, 3.05) is 36.9 Å². The van der Waals surface area contributed by atoms with Gasteiger partial charge in [0.2, 0.25) is 0 Å². The number of hydrogen-bond acceptors (Lipinski definition) is 8. The Hall–Kier alpha value is -3.71. The van der Waals surface area contributed by atoms with Gasteiger partial charge in [0, 0.05) is 47.9 Å². The fourth-order valence-corrected chi connectivity index (χ4v) is 6.43. The molecule has 9 nitrogen and oxygen atoms in total. The molecule has 0 spiro atoms. The summed E-state index contributed by atoms with van der Waals surface area (Å²) in [6.07, 6.45) is 7.73. The highest BCUT2D eigenvalue weighted by Crippen LogP contribution is 2.37. The van der Waals surface area contributed by atoms with E-state index in [0.29, 0.717) is 23.2 Å². The minimum Gasteiger partial charge on any atom is -0.379 e. The zero-order chi connectivity index (χ0) is 30.0. The van der Waals surface area contributed by atoms with Crippen LogP contribution in [0.25, 0.3) is 10.9 Å². The lowest BCUT2D eigenvalue weighted by Crippen LogP contribution is -2.46. The standard InChI is InChI=1S/C33H39ClN8O/c1-33(2,3)41-13-11-26(12-14-41)42-20-29(39-40-42)31(22-8-5-4-6-9-22)38-28-17-24(34)16-27-30(23(18-35)19-36-32(27)28)37-25-10-7-15-43-21-25/h4-6,8-9,16-17,19-20,25-26,31,38H,7,10-15,21H2,1-3H3,(H,36,37)/t25-,31-/m0/s1. The van der Waals surface area contributed by atoms with Crippen molar-refractivity contribution in [2.45, 2.75) is 70.1 Å². The Morgan fingerprint density at radius 3 is 2.60 bits per heavy atom. The SMILES string of the molecule is CC(C)(C)N1CCC(n2cc([C@@H](Nc3cc(Cl)cc4c(N[C@H]5CCCOC5)c(C#N)cnc34)c3ccccc3)nn2)CC1. The summed E-state index contributed by atoms with van der Waals surface area (Å²) >= 11 is 6.72. The molecule has 4 heterocycles. The molecule has 4 aromatic rings. The molecule has 224 valence electrons. The largest absolute Gasteiger partial charge is 0.379 e. The van der Waals surface area contributed by atoms with Crippen LogP contribution in [0.5, 0.6) is 0 Å². The lowest BCUT2D eigenvalue weighted by atomic mass is 9.98. The monoisotopic (exact) mass is 598 g/mol. The third-order valence-electron chi connectivity index (χ3n) is 8.61. The van der Waals surface area contributed by atoms with Gasteiger partial charge in [0.15, 0.2) is 0 Å². The van der Waals surface area contributed by atoms with E-state index >= 15 is 0 Å². The van der Waals surface area contributed by atoms with Crippen molar-refractivity contribution in [3.05, 3.63) is 76.7 Å². The summed E-state index contributed by atoms with van der Waals surface area (Å²) in [6, 6.07) is 16.4. The van der Waals surface area contributed by atoms with Gasteiger partial charge < -0.3 is 15.4 Å². The molecule has 2 aromatic heterocycles. The number of likely N-dealkylation sites (tertiary alicyclic amines) is 1. The molecule has 2 N–H and O–H groups in total. The number of pyridine rings is 1. The van der Waals surface area contributed by atoms with Gasteiger partial charge in [0.1, 0.15) is 11.8 Å². The lowest BCUT2D eigenvalue weighted by Gasteiger charge is -2.40. The topological polar surface area (TPSA) is 104 Å². The van der Waals surface area contributed by atoms with Crippen molar-refractivity contribution < 1.29 is 4.74 Å². The summed E-state index contributed by atoms with van der Waals surface area (Å²) < 4.78 is 7.72. The van der Waals surface area contributed by atoms with Crippen LogP contribution in [-0.4, -0.2) is 62.8 Å². The van der Waals surface area contributed by atoms with Crippen LogP contribution >= 0.6 is 11.6 Å². The molecule has 0 radical (unpaired) electrons. The van der Waals surface area contributed by atoms with Gasteiger partial charge in [0.05, 0.1) is 47.3 Å². The zero-order valence-electron chi connectivity index (χ0n) is 25.1. The van der Waals surface area contributed by atoms with Gasteiger partial charge in [0.25, 0.3) is 0 Å². The fourth-order valence-electron chi connectivity index (χ4n) is 6.21. The predicted octanol–water partition coefficient (Wildman–Crippen LogP) is 6.58. The number of aromatic nitrogens is 4. The number of benzene rings is 2. The number of nitrogens with zero attached hydrogens (tertiary/aromatic N) is 6. The maximum atomic E-state index is 9.92. The average Bonchev–Trinajstić information content (AvgIpc) is 3.51. The average molecular weight is 599 g/mol. The molecule has 10 heteroatoms. The maximum Gasteiger partial charge on any atom is 0.109 e. The van der Waals surface area contributed by atoms with Crippen LogP contribution in [0.1, 0.15) is 75.4 Å². The number of halogens is 1. The van der Waals surface area contributed by atoms with E-state index in [0.717, 1.165) is 78.9 Å². The van der Waals surface area contributed by atoms with Crippen LogP contribution in [0.15, 0.2) is 54.9 Å². The fraction of sp³-hybridized carbons (Fsp3) is 0.455. The van der Waals surface area contributed by atoms with Gasteiger partial charge in [-0.2, -0.15) is 5.26 Å². The Labute approximate surface area is 258 Å². The van der Waals surface area contributed by atoms with Crippen LogP contribution in [0, 0.1) is 11.3 Å². The highest BCUT2D eigenvalue weighted by molar-refractivity contribution is 6.32. The number of anilines is 2. The molecule has 0 amide bonds. The molecule has 2 atom stereocenters. The summed E-state index contributed by atoms with van der Waals surface area (Å²) in [7, 11) is 0. The first-order valence-electron chi connectivity index (χ1n) is 15.1. The predicted molar refractivity (Wildman–Crippen MR) is 170 cm³/mol. The molecule has 43 heavy (non-hydrogen) atoms. The Morgan fingerprint density at radius 2 is 1.91 bits per heavy atom. The van der Waals surface area contributed by atoms with E-state index in [9.17, 15) is 5.26 Å². The lowest BCUT2D eigenvalue weighted by molar-refractivity contribution is 0.0866. The summed E-state index contributed by atoms with van der Waals surface area (Å²) in [6.45, 7) is 10.3. The molecule has 0 saturated carbocycles. The molecule has 0 unspecified atom stereocenters. The van der Waals surface area contributed by atoms with Crippen molar-refractivity contribution >= 4 is 33.9 Å². The second kappa shape index (κ2) is 12.5. The normalized spacial score (nSPS) is 19.2. The second-order valence-corrected chi connectivity index (χ2v) is 13.0. The molecule has 2 aliphatic rings. The van der Waals surface area contributed by atoms with E-state index < -0.39 is 0 Å². The van der Waals surface area contributed by atoms with Crippen molar-refractivity contribution in [3.8, 4) is 6.07 Å². The molecule has 2 fully saturated rings. The van der Waals surface area contributed by atoms with Crippen LogP contribution < -0.4 is 10.6 Å². The van der Waals surface area contributed by atoms with E-state index in [1.165, 1.54) is 0 Å². The summed E-state index contributed by atoms with van der Waals surface area (Å²) in [5, 5.41) is 27.8. The number of nitriles is 1. The summed E-state index contributed by atoms with van der Waals surface area (Å²) in [5.74, 6) is 0. The molecule has 0 aliphatic carbocycles. The number of hydrogen-bond donors (Lipinski definition) is 2. The Bertz CT molecular complexity index is 1600. The third-order valence-corrected chi connectivity index (χ3v) is 8.83. The van der Waals surface area contributed by atoms with Crippen LogP contribution in [0.3, 0.4) is 0 Å². The smallest absolute Gasteiger partial charge is 0.109 e. The first-order valence-corrected chi connectivity index (χ1v) is 15.5. The van der Waals surface area contributed by atoms with Gasteiger partial charge in [-0.3, -0.25) is 9.88 Å². The van der Waals surface area contributed by atoms with Gasteiger partial charge in [-0.15, -0.1) is 5.10 Å². The first-order chi connectivity index (χ1) is 20.8. The van der Waals surface area contributed by atoms with Gasteiger partial charge in [-0.05, 0) is 64.2 Å². The molecular weight excluding hydrogens is 560 g/mol. The molecule has 2 saturated heterocycles. The number of nitrogens with one attached hydrogen (secondary N) is 2. The number of fused-ring (bicyclic) bond motifs is 1. The molecular formula is C33H39ClN8O. The quantitative estimate of drug-likeness (QED) is 0.246. The Balaban J connectivity index is 1.34. The van der Waals surface area contributed by atoms with E-state index in [1.807, 2.05) is 35.0 Å². The highest BCUT2D eigenvalue weighted by Gasteiger charge is 2.29. The van der Waals surface area contributed by atoms with Crippen molar-refractivity contribution in [3.63, 3.8) is 0 Å². The Kier molecular flexibility index (Phi) is 8.53. The van der Waals surface area contributed by atoms with Crippen LogP contribution in [-0.2, 0) is 4.74 Å². The minimum absolute atomic E-state index is 0.115. The van der Waals surface area contributed by atoms with E-state index in [-0.39, 0.29) is 17.6 Å². The van der Waals surface area contributed by atoms with E-state index in [4.69, 9.17) is 21.3 Å². The summed E-state index contributed by atoms with van der Waals surface area (Å²) in [5.41, 5.74) is 4.74. The first kappa shape index (κ1) is 29.4. The van der Waals surface area contributed by atoms with Crippen LogP contribution in [0.4, 0.5) is 11.4 Å². The van der Waals surface area contributed by atoms with Crippen molar-refractivity contribution in [2.24, 2.45) is 0 Å². The third kappa shape index (κ3) is 6.47. The minimum atomic E-state index is -0.285. The molecule has 2 aliphatic heterocycles. The highest BCUT2D eigenvalue weighted by atomic mass is 35.5. The summed E-state index contributed by atoms with van der Waals surface area (Å²) in [4.78, 5) is 7.27.